The summed E-state index contributed by atoms with van der Waals surface area (Å²) in [4.78, 5) is 26.2. The third-order valence-corrected chi connectivity index (χ3v) is 5.25. The van der Waals surface area contributed by atoms with Crippen LogP contribution in [0.3, 0.4) is 0 Å². The van der Waals surface area contributed by atoms with Crippen molar-refractivity contribution in [3.05, 3.63) is 28.2 Å². The molecule has 0 aromatic carbocycles. The predicted molar refractivity (Wildman–Crippen MR) is 77.9 cm³/mol. The van der Waals surface area contributed by atoms with E-state index in [0.717, 1.165) is 31.6 Å². The number of fused-ring (bicyclic) bond motifs is 1. The van der Waals surface area contributed by atoms with Crippen LogP contribution in [-0.4, -0.2) is 33.7 Å². The third kappa shape index (κ3) is 2.49. The van der Waals surface area contributed by atoms with Crippen LogP contribution in [0.1, 0.15) is 43.7 Å². The predicted octanol–water partition coefficient (Wildman–Crippen LogP) is 1.38. The Morgan fingerprint density at radius 1 is 1.14 bits per heavy atom. The van der Waals surface area contributed by atoms with E-state index < -0.39 is 0 Å². The zero-order valence-electron chi connectivity index (χ0n) is 12.2. The summed E-state index contributed by atoms with van der Waals surface area (Å²) in [7, 11) is 0. The SMILES string of the molecule is O=C(Cn1nc(C2CC2)ccc1=O)N1C[C@H]2CCC[C@H]2C1. The highest BCUT2D eigenvalue weighted by Gasteiger charge is 2.38. The number of carbonyl (C=O) groups is 1. The fraction of sp³-hybridized carbons (Fsp3) is 0.688. The Bertz CT molecular complexity index is 608. The molecule has 1 saturated heterocycles. The van der Waals surface area contributed by atoms with Crippen molar-refractivity contribution in [2.75, 3.05) is 13.1 Å². The quantitative estimate of drug-likeness (QED) is 0.844. The summed E-state index contributed by atoms with van der Waals surface area (Å²) < 4.78 is 1.35. The molecule has 21 heavy (non-hydrogen) atoms. The molecule has 1 aliphatic heterocycles. The van der Waals surface area contributed by atoms with Gasteiger partial charge < -0.3 is 4.90 Å². The van der Waals surface area contributed by atoms with E-state index in [-0.39, 0.29) is 18.0 Å². The Hall–Kier alpha value is -1.65. The lowest BCUT2D eigenvalue weighted by molar-refractivity contribution is -0.131. The van der Waals surface area contributed by atoms with Crippen LogP contribution in [0.15, 0.2) is 16.9 Å². The average Bonchev–Trinajstić information content (AvgIpc) is 3.08. The first-order chi connectivity index (χ1) is 10.2. The minimum absolute atomic E-state index is 0.0481. The van der Waals surface area contributed by atoms with Gasteiger partial charge in [-0.1, -0.05) is 6.42 Å². The molecule has 0 bridgehead atoms. The number of hydrogen-bond acceptors (Lipinski definition) is 3. The molecule has 1 aromatic heterocycles. The minimum atomic E-state index is -0.174. The molecule has 0 spiro atoms. The van der Waals surface area contributed by atoms with Gasteiger partial charge in [-0.2, -0.15) is 5.10 Å². The van der Waals surface area contributed by atoms with Crippen LogP contribution >= 0.6 is 0 Å². The van der Waals surface area contributed by atoms with Gasteiger partial charge in [0.2, 0.25) is 5.91 Å². The molecule has 0 N–H and O–H groups in total. The number of likely N-dealkylation sites (tertiary alicyclic amines) is 1. The number of hydrogen-bond donors (Lipinski definition) is 0. The van der Waals surface area contributed by atoms with Crippen molar-refractivity contribution in [2.45, 2.75) is 44.6 Å². The van der Waals surface area contributed by atoms with Gasteiger partial charge in [0.15, 0.2) is 0 Å². The summed E-state index contributed by atoms with van der Waals surface area (Å²) in [6, 6.07) is 3.36. The van der Waals surface area contributed by atoms with E-state index in [1.54, 1.807) is 12.1 Å². The molecule has 5 heteroatoms. The monoisotopic (exact) mass is 287 g/mol. The lowest BCUT2D eigenvalue weighted by atomic mass is 10.0. The Morgan fingerprint density at radius 3 is 2.52 bits per heavy atom. The van der Waals surface area contributed by atoms with Crippen LogP contribution in [0.2, 0.25) is 0 Å². The van der Waals surface area contributed by atoms with Crippen molar-refractivity contribution in [3.8, 4) is 0 Å². The zero-order valence-corrected chi connectivity index (χ0v) is 12.2. The molecule has 112 valence electrons. The number of amides is 1. The molecule has 1 amide bonds. The first kappa shape index (κ1) is 13.0. The van der Waals surface area contributed by atoms with Crippen LogP contribution in [0.4, 0.5) is 0 Å². The van der Waals surface area contributed by atoms with E-state index in [2.05, 4.69) is 5.10 Å². The summed E-state index contributed by atoms with van der Waals surface area (Å²) in [6.07, 6.45) is 6.11. The van der Waals surface area contributed by atoms with Crippen molar-refractivity contribution in [1.29, 1.82) is 0 Å². The maximum absolute atomic E-state index is 12.4. The van der Waals surface area contributed by atoms with Gasteiger partial charge in [0.25, 0.3) is 5.56 Å². The average molecular weight is 287 g/mol. The first-order valence-corrected chi connectivity index (χ1v) is 8.06. The largest absolute Gasteiger partial charge is 0.341 e. The highest BCUT2D eigenvalue weighted by Crippen LogP contribution is 2.39. The summed E-state index contributed by atoms with van der Waals surface area (Å²) in [5, 5.41) is 4.37. The van der Waals surface area contributed by atoms with Crippen molar-refractivity contribution in [2.24, 2.45) is 11.8 Å². The van der Waals surface area contributed by atoms with E-state index >= 15 is 0 Å². The van der Waals surface area contributed by atoms with Crippen molar-refractivity contribution < 1.29 is 4.79 Å². The second-order valence-electron chi connectivity index (χ2n) is 6.78. The van der Waals surface area contributed by atoms with Crippen LogP contribution < -0.4 is 5.56 Å². The number of nitrogens with zero attached hydrogens (tertiary/aromatic N) is 3. The van der Waals surface area contributed by atoms with Crippen LogP contribution in [0.25, 0.3) is 0 Å². The molecule has 3 fully saturated rings. The summed E-state index contributed by atoms with van der Waals surface area (Å²) in [5.74, 6) is 1.93. The van der Waals surface area contributed by atoms with E-state index in [1.165, 1.54) is 23.9 Å². The lowest BCUT2D eigenvalue weighted by Gasteiger charge is -2.17. The summed E-state index contributed by atoms with van der Waals surface area (Å²) in [5.41, 5.74) is 0.785. The molecule has 5 nitrogen and oxygen atoms in total. The molecule has 4 rings (SSSR count). The van der Waals surface area contributed by atoms with E-state index in [9.17, 15) is 9.59 Å². The van der Waals surface area contributed by atoms with Gasteiger partial charge in [-0.25, -0.2) is 4.68 Å². The standard InChI is InChI=1S/C16H21N3O2/c20-15-7-6-14(11-4-5-11)17-19(15)10-16(21)18-8-12-2-1-3-13(12)9-18/h6-7,11-13H,1-5,8-10H2/t12-,13+. The van der Waals surface area contributed by atoms with Crippen LogP contribution in [0.5, 0.6) is 0 Å². The number of rotatable bonds is 3. The van der Waals surface area contributed by atoms with E-state index in [4.69, 9.17) is 0 Å². The molecule has 2 heterocycles. The second-order valence-corrected chi connectivity index (χ2v) is 6.78. The number of aromatic nitrogens is 2. The molecule has 2 atom stereocenters. The highest BCUT2D eigenvalue weighted by atomic mass is 16.2. The van der Waals surface area contributed by atoms with Gasteiger partial charge in [0.05, 0.1) is 5.69 Å². The summed E-state index contributed by atoms with van der Waals surface area (Å²) in [6.45, 7) is 1.85. The molecule has 2 saturated carbocycles. The molecule has 2 aliphatic carbocycles. The van der Waals surface area contributed by atoms with Crippen molar-refractivity contribution >= 4 is 5.91 Å². The summed E-state index contributed by atoms with van der Waals surface area (Å²) >= 11 is 0. The fourth-order valence-corrected chi connectivity index (χ4v) is 3.84. The molecule has 0 radical (unpaired) electrons. The van der Waals surface area contributed by atoms with Gasteiger partial charge in [0, 0.05) is 25.1 Å². The second kappa shape index (κ2) is 4.97. The minimum Gasteiger partial charge on any atom is -0.341 e. The zero-order chi connectivity index (χ0) is 14.4. The van der Waals surface area contributed by atoms with E-state index in [1.807, 2.05) is 4.90 Å². The van der Waals surface area contributed by atoms with Gasteiger partial charge in [0.1, 0.15) is 6.54 Å². The molecular weight excluding hydrogens is 266 g/mol. The molecule has 1 aromatic rings. The van der Waals surface area contributed by atoms with Crippen LogP contribution in [0, 0.1) is 11.8 Å². The van der Waals surface area contributed by atoms with Gasteiger partial charge >= 0.3 is 0 Å². The molecule has 0 unspecified atom stereocenters. The maximum atomic E-state index is 12.4. The van der Waals surface area contributed by atoms with Crippen molar-refractivity contribution in [1.82, 2.24) is 14.7 Å². The highest BCUT2D eigenvalue weighted by molar-refractivity contribution is 5.76. The normalized spacial score (nSPS) is 27.9. The van der Waals surface area contributed by atoms with Gasteiger partial charge in [-0.15, -0.1) is 0 Å². The maximum Gasteiger partial charge on any atom is 0.267 e. The Labute approximate surface area is 123 Å². The third-order valence-electron chi connectivity index (χ3n) is 5.25. The number of carbonyl (C=O) groups excluding carboxylic acids is 1. The first-order valence-electron chi connectivity index (χ1n) is 8.06. The lowest BCUT2D eigenvalue weighted by Crippen LogP contribution is -2.36. The fourth-order valence-electron chi connectivity index (χ4n) is 3.84. The molecule has 3 aliphatic rings. The Balaban J connectivity index is 1.47. The Kier molecular flexibility index (Phi) is 3.08. The topological polar surface area (TPSA) is 55.2 Å². The van der Waals surface area contributed by atoms with Gasteiger partial charge in [-0.05, 0) is 43.6 Å². The molecular formula is C16H21N3O2. The van der Waals surface area contributed by atoms with Gasteiger partial charge in [-0.3, -0.25) is 9.59 Å². The smallest absolute Gasteiger partial charge is 0.267 e. The Morgan fingerprint density at radius 2 is 1.86 bits per heavy atom. The van der Waals surface area contributed by atoms with Crippen LogP contribution in [-0.2, 0) is 11.3 Å². The van der Waals surface area contributed by atoms with E-state index in [0.29, 0.717) is 17.8 Å². The van der Waals surface area contributed by atoms with Crippen molar-refractivity contribution in [3.63, 3.8) is 0 Å².